The normalized spacial score (nSPS) is 20.1. The molecule has 0 aromatic heterocycles. The van der Waals surface area contributed by atoms with Gasteiger partial charge in [-0.1, -0.05) is 38.1 Å². The van der Waals surface area contributed by atoms with Crippen LogP contribution in [0.25, 0.3) is 0 Å². The van der Waals surface area contributed by atoms with Gasteiger partial charge >= 0.3 is 0 Å². The molecule has 0 saturated carbocycles. The van der Waals surface area contributed by atoms with Crippen molar-refractivity contribution >= 4 is 0 Å². The Labute approximate surface area is 105 Å². The summed E-state index contributed by atoms with van der Waals surface area (Å²) in [4.78, 5) is 0. The molecule has 1 atom stereocenters. The van der Waals surface area contributed by atoms with Crippen LogP contribution in [0.2, 0.25) is 0 Å². The molecule has 0 aliphatic carbocycles. The Balaban J connectivity index is 1.80. The number of nitrogens with one attached hydrogen (secondary N) is 2. The largest absolute Gasteiger partial charge is 0.315 e. The highest BCUT2D eigenvalue weighted by Crippen LogP contribution is 2.10. The maximum atomic E-state index is 3.60. The van der Waals surface area contributed by atoms with Crippen LogP contribution >= 0.6 is 0 Å². The summed E-state index contributed by atoms with van der Waals surface area (Å²) in [6, 6.07) is 9.71. The zero-order valence-corrected chi connectivity index (χ0v) is 11.0. The van der Waals surface area contributed by atoms with Gasteiger partial charge in [0, 0.05) is 19.1 Å². The van der Waals surface area contributed by atoms with Crippen molar-refractivity contribution in [3.8, 4) is 0 Å². The van der Waals surface area contributed by atoms with Gasteiger partial charge in [0.25, 0.3) is 0 Å². The summed E-state index contributed by atoms with van der Waals surface area (Å²) in [7, 11) is 0. The van der Waals surface area contributed by atoms with Gasteiger partial charge in [0.1, 0.15) is 0 Å². The van der Waals surface area contributed by atoms with Crippen molar-refractivity contribution in [1.82, 2.24) is 10.6 Å². The highest BCUT2D eigenvalue weighted by molar-refractivity contribution is 5.22. The molecule has 94 valence electrons. The molecule has 1 aromatic rings. The molecule has 2 N–H and O–H groups in total. The van der Waals surface area contributed by atoms with Crippen LogP contribution in [-0.4, -0.2) is 19.1 Å². The lowest BCUT2D eigenvalue weighted by Crippen LogP contribution is -2.30. The Morgan fingerprint density at radius 1 is 1.24 bits per heavy atom. The maximum Gasteiger partial charge on any atom is 0.0208 e. The van der Waals surface area contributed by atoms with Crippen molar-refractivity contribution < 1.29 is 0 Å². The second-order valence-electron chi connectivity index (χ2n) is 5.49. The molecule has 1 aliphatic heterocycles. The van der Waals surface area contributed by atoms with Crippen LogP contribution in [0.15, 0.2) is 24.3 Å². The minimum Gasteiger partial charge on any atom is -0.315 e. The van der Waals surface area contributed by atoms with Crippen molar-refractivity contribution in [2.75, 3.05) is 13.1 Å². The lowest BCUT2D eigenvalue weighted by molar-refractivity contribution is 0.547. The van der Waals surface area contributed by atoms with Gasteiger partial charge in [-0.3, -0.25) is 0 Å². The highest BCUT2D eigenvalue weighted by atomic mass is 15.0. The van der Waals surface area contributed by atoms with Crippen LogP contribution < -0.4 is 10.6 Å². The lowest BCUT2D eigenvalue weighted by atomic mass is 10.0. The first-order valence-corrected chi connectivity index (χ1v) is 6.76. The van der Waals surface area contributed by atoms with Gasteiger partial charge in [-0.15, -0.1) is 0 Å². The summed E-state index contributed by atoms with van der Waals surface area (Å²) in [5.74, 6) is 0.739. The quantitative estimate of drug-likeness (QED) is 0.814. The third-order valence-corrected chi connectivity index (χ3v) is 3.32. The van der Waals surface area contributed by atoms with E-state index in [4.69, 9.17) is 0 Å². The van der Waals surface area contributed by atoms with E-state index in [1.54, 1.807) is 0 Å². The van der Waals surface area contributed by atoms with Crippen LogP contribution in [0, 0.1) is 5.92 Å². The summed E-state index contributed by atoms with van der Waals surface area (Å²) in [6.07, 6.45) is 2.44. The summed E-state index contributed by atoms with van der Waals surface area (Å²) < 4.78 is 0. The van der Waals surface area contributed by atoms with Gasteiger partial charge in [0.2, 0.25) is 0 Å². The molecule has 1 aromatic carbocycles. The van der Waals surface area contributed by atoms with Crippen molar-refractivity contribution in [3.05, 3.63) is 35.4 Å². The fraction of sp³-hybridized carbons (Fsp3) is 0.600. The van der Waals surface area contributed by atoms with Gasteiger partial charge in [0.15, 0.2) is 0 Å². The average molecular weight is 232 g/mol. The number of hydrogen-bond donors (Lipinski definition) is 2. The number of rotatable bonds is 5. The number of benzene rings is 1. The third-order valence-electron chi connectivity index (χ3n) is 3.32. The molecule has 0 amide bonds. The van der Waals surface area contributed by atoms with Crippen molar-refractivity contribution in [2.45, 2.75) is 39.3 Å². The molecule has 2 nitrogen and oxygen atoms in total. The van der Waals surface area contributed by atoms with Crippen LogP contribution in [0.3, 0.4) is 0 Å². The van der Waals surface area contributed by atoms with E-state index in [0.29, 0.717) is 6.04 Å². The first kappa shape index (κ1) is 12.6. The molecular formula is C15H24N2. The zero-order chi connectivity index (χ0) is 12.1. The van der Waals surface area contributed by atoms with Crippen molar-refractivity contribution in [1.29, 1.82) is 0 Å². The van der Waals surface area contributed by atoms with Gasteiger partial charge in [-0.25, -0.2) is 0 Å². The monoisotopic (exact) mass is 232 g/mol. The van der Waals surface area contributed by atoms with E-state index < -0.39 is 0 Å². The summed E-state index contributed by atoms with van der Waals surface area (Å²) in [6.45, 7) is 7.80. The second kappa shape index (κ2) is 6.18. The Morgan fingerprint density at radius 2 is 1.94 bits per heavy atom. The van der Waals surface area contributed by atoms with E-state index in [9.17, 15) is 0 Å². The van der Waals surface area contributed by atoms with E-state index in [-0.39, 0.29) is 0 Å². The minimum atomic E-state index is 0.658. The van der Waals surface area contributed by atoms with E-state index >= 15 is 0 Å². The fourth-order valence-electron chi connectivity index (χ4n) is 2.36. The molecular weight excluding hydrogens is 208 g/mol. The Hall–Kier alpha value is -0.860. The Bertz CT molecular complexity index is 323. The zero-order valence-electron chi connectivity index (χ0n) is 11.0. The smallest absolute Gasteiger partial charge is 0.0208 e. The standard InChI is InChI=1S/C15H24N2/c1-12(2)9-13-3-5-14(6-4-13)10-17-15-7-8-16-11-15/h3-6,12,15-17H,7-11H2,1-2H3/t15-/m1/s1. The Kier molecular flexibility index (Phi) is 4.57. The van der Waals surface area contributed by atoms with Gasteiger partial charge in [-0.2, -0.15) is 0 Å². The van der Waals surface area contributed by atoms with Gasteiger partial charge in [0.05, 0.1) is 0 Å². The van der Waals surface area contributed by atoms with Gasteiger partial charge in [-0.05, 0) is 36.4 Å². The minimum absolute atomic E-state index is 0.658. The van der Waals surface area contributed by atoms with Crippen LogP contribution in [-0.2, 0) is 13.0 Å². The van der Waals surface area contributed by atoms with Crippen LogP contribution in [0.4, 0.5) is 0 Å². The lowest BCUT2D eigenvalue weighted by Gasteiger charge is -2.11. The number of hydrogen-bond acceptors (Lipinski definition) is 2. The van der Waals surface area contributed by atoms with Crippen LogP contribution in [0.5, 0.6) is 0 Å². The molecule has 1 heterocycles. The molecule has 1 saturated heterocycles. The molecule has 2 rings (SSSR count). The molecule has 2 heteroatoms. The molecule has 1 aliphatic rings. The molecule has 0 bridgehead atoms. The topological polar surface area (TPSA) is 24.1 Å². The summed E-state index contributed by atoms with van der Waals surface area (Å²) >= 11 is 0. The summed E-state index contributed by atoms with van der Waals surface area (Å²) in [5.41, 5.74) is 2.84. The van der Waals surface area contributed by atoms with E-state index in [1.807, 2.05) is 0 Å². The first-order valence-electron chi connectivity index (χ1n) is 6.76. The predicted octanol–water partition coefficient (Wildman–Crippen LogP) is 2.34. The highest BCUT2D eigenvalue weighted by Gasteiger charge is 2.12. The Morgan fingerprint density at radius 3 is 2.53 bits per heavy atom. The molecule has 0 radical (unpaired) electrons. The first-order chi connectivity index (χ1) is 8.24. The van der Waals surface area contributed by atoms with E-state index in [1.165, 1.54) is 24.0 Å². The summed E-state index contributed by atoms with van der Waals surface area (Å²) in [5, 5.41) is 6.97. The molecule has 1 fully saturated rings. The van der Waals surface area contributed by atoms with E-state index in [2.05, 4.69) is 48.7 Å². The predicted molar refractivity (Wildman–Crippen MR) is 73.1 cm³/mol. The SMILES string of the molecule is CC(C)Cc1ccc(CN[C@@H]2CCNC2)cc1. The van der Waals surface area contributed by atoms with Crippen molar-refractivity contribution in [2.24, 2.45) is 5.92 Å². The van der Waals surface area contributed by atoms with Crippen LogP contribution in [0.1, 0.15) is 31.4 Å². The fourth-order valence-corrected chi connectivity index (χ4v) is 2.36. The maximum absolute atomic E-state index is 3.60. The van der Waals surface area contributed by atoms with Gasteiger partial charge < -0.3 is 10.6 Å². The van der Waals surface area contributed by atoms with E-state index in [0.717, 1.165) is 25.6 Å². The average Bonchev–Trinajstić information content (AvgIpc) is 2.80. The van der Waals surface area contributed by atoms with Crippen molar-refractivity contribution in [3.63, 3.8) is 0 Å². The third kappa shape index (κ3) is 4.14. The second-order valence-corrected chi connectivity index (χ2v) is 5.49. The molecule has 0 spiro atoms. The molecule has 0 unspecified atom stereocenters. The molecule has 17 heavy (non-hydrogen) atoms.